The lowest BCUT2D eigenvalue weighted by atomic mass is 10.2. The van der Waals surface area contributed by atoms with Crippen LogP contribution >= 0.6 is 45.2 Å². The fourth-order valence-corrected chi connectivity index (χ4v) is 3.26. The summed E-state index contributed by atoms with van der Waals surface area (Å²) >= 11 is 4.52. The molecule has 1 aromatic rings. The molecule has 6 heteroatoms. The van der Waals surface area contributed by atoms with Crippen molar-refractivity contribution >= 4 is 51.3 Å². The molecule has 0 aliphatic rings. The summed E-state index contributed by atoms with van der Waals surface area (Å²) in [5.74, 6) is 0.860. The van der Waals surface area contributed by atoms with Crippen molar-refractivity contribution in [2.45, 2.75) is 32.8 Å². The zero-order chi connectivity index (χ0) is 15.2. The Morgan fingerprint density at radius 2 is 1.80 bits per heavy atom. The van der Waals surface area contributed by atoms with Gasteiger partial charge in [0.2, 0.25) is 0 Å². The Labute approximate surface area is 147 Å². The minimum Gasteiger partial charge on any atom is -0.493 e. The van der Waals surface area contributed by atoms with E-state index in [0.29, 0.717) is 13.2 Å². The Kier molecular flexibility index (Phi) is 7.35. The molecule has 0 spiro atoms. The van der Waals surface area contributed by atoms with Gasteiger partial charge >= 0.3 is 6.09 Å². The SMILES string of the molecule is CC(C)(C)OC(=O)NCCCOc1cc(I)cc(I)c1. The van der Waals surface area contributed by atoms with Crippen LogP contribution in [0.3, 0.4) is 0 Å². The first-order valence-electron chi connectivity index (χ1n) is 6.32. The lowest BCUT2D eigenvalue weighted by Crippen LogP contribution is -2.33. The first-order valence-corrected chi connectivity index (χ1v) is 8.48. The summed E-state index contributed by atoms with van der Waals surface area (Å²) in [4.78, 5) is 11.4. The molecule has 1 amide bonds. The van der Waals surface area contributed by atoms with Crippen LogP contribution in [0.1, 0.15) is 27.2 Å². The number of hydrogen-bond donors (Lipinski definition) is 1. The third kappa shape index (κ3) is 8.13. The molecule has 4 nitrogen and oxygen atoms in total. The number of ether oxygens (including phenoxy) is 2. The Morgan fingerprint density at radius 1 is 1.20 bits per heavy atom. The van der Waals surface area contributed by atoms with E-state index in [1.807, 2.05) is 32.9 Å². The maximum Gasteiger partial charge on any atom is 0.407 e. The van der Waals surface area contributed by atoms with Crippen LogP contribution in [0.5, 0.6) is 5.75 Å². The molecule has 0 aliphatic carbocycles. The fraction of sp³-hybridized carbons (Fsp3) is 0.500. The molecule has 20 heavy (non-hydrogen) atoms. The van der Waals surface area contributed by atoms with Crippen LogP contribution in [-0.2, 0) is 4.74 Å². The van der Waals surface area contributed by atoms with E-state index >= 15 is 0 Å². The summed E-state index contributed by atoms with van der Waals surface area (Å²) < 4.78 is 13.1. The number of rotatable bonds is 5. The number of nitrogens with one attached hydrogen (secondary N) is 1. The van der Waals surface area contributed by atoms with Crippen LogP contribution in [0.25, 0.3) is 0 Å². The van der Waals surface area contributed by atoms with Crippen LogP contribution in [0.2, 0.25) is 0 Å². The van der Waals surface area contributed by atoms with Crippen molar-refractivity contribution in [3.8, 4) is 5.75 Å². The number of amides is 1. The van der Waals surface area contributed by atoms with Crippen molar-refractivity contribution in [1.29, 1.82) is 0 Å². The summed E-state index contributed by atoms with van der Waals surface area (Å²) in [5.41, 5.74) is -0.460. The summed E-state index contributed by atoms with van der Waals surface area (Å²) in [6, 6.07) is 6.06. The van der Waals surface area contributed by atoms with Gasteiger partial charge in [0.1, 0.15) is 11.4 Å². The average Bonchev–Trinajstić information content (AvgIpc) is 2.24. The molecule has 1 aromatic carbocycles. The van der Waals surface area contributed by atoms with Gasteiger partial charge in [0, 0.05) is 13.7 Å². The Bertz CT molecular complexity index is 438. The van der Waals surface area contributed by atoms with Gasteiger partial charge < -0.3 is 14.8 Å². The summed E-state index contributed by atoms with van der Waals surface area (Å²) in [5, 5.41) is 2.70. The first kappa shape index (κ1) is 17.8. The van der Waals surface area contributed by atoms with E-state index < -0.39 is 5.60 Å². The van der Waals surface area contributed by atoms with Gasteiger partial charge in [-0.15, -0.1) is 0 Å². The second-order valence-electron chi connectivity index (χ2n) is 5.24. The van der Waals surface area contributed by atoms with Crippen molar-refractivity contribution in [2.75, 3.05) is 13.2 Å². The molecular formula is C14H19I2NO3. The molecular weight excluding hydrogens is 484 g/mol. The van der Waals surface area contributed by atoms with Crippen LogP contribution < -0.4 is 10.1 Å². The predicted octanol–water partition coefficient (Wildman–Crippen LogP) is 4.19. The van der Waals surface area contributed by atoms with Crippen molar-refractivity contribution in [3.63, 3.8) is 0 Å². The van der Waals surface area contributed by atoms with Gasteiger partial charge in [-0.2, -0.15) is 0 Å². The van der Waals surface area contributed by atoms with Gasteiger partial charge in [-0.1, -0.05) is 0 Å². The second-order valence-corrected chi connectivity index (χ2v) is 7.73. The number of alkyl carbamates (subject to hydrolysis) is 1. The van der Waals surface area contributed by atoms with Gasteiger partial charge in [0.05, 0.1) is 6.61 Å². The van der Waals surface area contributed by atoms with E-state index in [0.717, 1.165) is 19.3 Å². The molecule has 0 atom stereocenters. The standard InChI is InChI=1S/C14H19I2NO3/c1-14(2,3)20-13(18)17-5-4-6-19-12-8-10(15)7-11(16)9-12/h7-9H,4-6H2,1-3H3,(H,17,18). The summed E-state index contributed by atoms with van der Waals surface area (Å²) in [7, 11) is 0. The highest BCUT2D eigenvalue weighted by atomic mass is 127. The second kappa shape index (κ2) is 8.26. The zero-order valence-electron chi connectivity index (χ0n) is 11.8. The molecule has 0 fully saturated rings. The molecule has 0 heterocycles. The number of carbonyl (C=O) groups excluding carboxylic acids is 1. The normalized spacial score (nSPS) is 11.1. The monoisotopic (exact) mass is 503 g/mol. The van der Waals surface area contributed by atoms with Crippen molar-refractivity contribution < 1.29 is 14.3 Å². The molecule has 0 radical (unpaired) electrons. The Balaban J connectivity index is 2.20. The van der Waals surface area contributed by atoms with Crippen molar-refractivity contribution in [1.82, 2.24) is 5.32 Å². The average molecular weight is 503 g/mol. The molecule has 1 N–H and O–H groups in total. The summed E-state index contributed by atoms with van der Waals surface area (Å²) in [6.45, 7) is 6.62. The number of hydrogen-bond acceptors (Lipinski definition) is 3. The Hall–Kier alpha value is -0.250. The highest BCUT2D eigenvalue weighted by molar-refractivity contribution is 14.1. The molecule has 0 saturated heterocycles. The molecule has 112 valence electrons. The molecule has 0 unspecified atom stereocenters. The molecule has 1 rings (SSSR count). The third-order valence-electron chi connectivity index (χ3n) is 2.09. The fourth-order valence-electron chi connectivity index (χ4n) is 1.38. The van der Waals surface area contributed by atoms with Crippen LogP contribution in [-0.4, -0.2) is 24.8 Å². The van der Waals surface area contributed by atoms with Gasteiger partial charge in [-0.3, -0.25) is 0 Å². The molecule has 0 aliphatic heterocycles. The smallest absolute Gasteiger partial charge is 0.407 e. The number of halogens is 2. The topological polar surface area (TPSA) is 47.6 Å². The highest BCUT2D eigenvalue weighted by Crippen LogP contribution is 2.20. The van der Waals surface area contributed by atoms with Crippen molar-refractivity contribution in [3.05, 3.63) is 25.3 Å². The van der Waals surface area contributed by atoms with E-state index in [1.54, 1.807) is 0 Å². The minimum absolute atomic E-state index is 0.388. The van der Waals surface area contributed by atoms with E-state index in [9.17, 15) is 4.79 Å². The third-order valence-corrected chi connectivity index (χ3v) is 3.34. The van der Waals surface area contributed by atoms with Crippen LogP contribution in [0, 0.1) is 7.14 Å². The van der Waals surface area contributed by atoms with Crippen LogP contribution in [0.4, 0.5) is 4.79 Å². The van der Waals surface area contributed by atoms with Crippen molar-refractivity contribution in [2.24, 2.45) is 0 Å². The maximum absolute atomic E-state index is 11.4. The number of carbonyl (C=O) groups is 1. The van der Waals surface area contributed by atoms with Gasteiger partial charge in [0.15, 0.2) is 0 Å². The lowest BCUT2D eigenvalue weighted by molar-refractivity contribution is 0.0525. The predicted molar refractivity (Wildman–Crippen MR) is 96.2 cm³/mol. The van der Waals surface area contributed by atoms with E-state index in [4.69, 9.17) is 9.47 Å². The van der Waals surface area contributed by atoms with Crippen LogP contribution in [0.15, 0.2) is 18.2 Å². The van der Waals surface area contributed by atoms with E-state index in [1.165, 1.54) is 0 Å². The molecule has 0 saturated carbocycles. The zero-order valence-corrected chi connectivity index (χ0v) is 16.1. The molecule has 0 bridgehead atoms. The van der Waals surface area contributed by atoms with E-state index in [-0.39, 0.29) is 6.09 Å². The quantitative estimate of drug-likeness (QED) is 0.485. The van der Waals surface area contributed by atoms with Gasteiger partial charge in [-0.25, -0.2) is 4.79 Å². The highest BCUT2D eigenvalue weighted by Gasteiger charge is 2.15. The summed E-state index contributed by atoms with van der Waals surface area (Å²) in [6.07, 6.45) is 0.350. The van der Waals surface area contributed by atoms with Gasteiger partial charge in [-0.05, 0) is 90.6 Å². The maximum atomic E-state index is 11.4. The van der Waals surface area contributed by atoms with Gasteiger partial charge in [0.25, 0.3) is 0 Å². The Morgan fingerprint density at radius 3 is 2.35 bits per heavy atom. The lowest BCUT2D eigenvalue weighted by Gasteiger charge is -2.19. The molecule has 0 aromatic heterocycles. The largest absolute Gasteiger partial charge is 0.493 e. The van der Waals surface area contributed by atoms with E-state index in [2.05, 4.69) is 56.6 Å². The minimum atomic E-state index is -0.460. The first-order chi connectivity index (χ1) is 9.26. The number of benzene rings is 1.